The van der Waals surface area contributed by atoms with E-state index in [0.717, 1.165) is 11.3 Å². The highest BCUT2D eigenvalue weighted by atomic mass is 35.5. The van der Waals surface area contributed by atoms with Gasteiger partial charge in [-0.15, -0.1) is 11.3 Å². The van der Waals surface area contributed by atoms with Crippen LogP contribution in [0.4, 0.5) is 4.39 Å². The quantitative estimate of drug-likeness (QED) is 0.705. The van der Waals surface area contributed by atoms with Gasteiger partial charge in [0, 0.05) is 16.9 Å². The van der Waals surface area contributed by atoms with Crippen LogP contribution in [0.5, 0.6) is 0 Å². The molecule has 0 radical (unpaired) electrons. The first kappa shape index (κ1) is 13.2. The molecular formula is C14H12ClFOS. The Morgan fingerprint density at radius 1 is 1.33 bits per heavy atom. The summed E-state index contributed by atoms with van der Waals surface area (Å²) >= 11 is 7.05. The van der Waals surface area contributed by atoms with E-state index in [0.29, 0.717) is 16.9 Å². The van der Waals surface area contributed by atoms with Gasteiger partial charge in [0.05, 0.1) is 9.90 Å². The molecule has 18 heavy (non-hydrogen) atoms. The predicted octanol–water partition coefficient (Wildman–Crippen LogP) is 5.19. The van der Waals surface area contributed by atoms with Crippen LogP contribution < -0.4 is 0 Å². The number of benzene rings is 1. The van der Waals surface area contributed by atoms with E-state index in [1.807, 2.05) is 6.92 Å². The molecule has 1 aromatic carbocycles. The number of hydrogen-bond donors (Lipinski definition) is 0. The maximum absolute atomic E-state index is 13.8. The van der Waals surface area contributed by atoms with E-state index in [1.54, 1.807) is 24.3 Å². The molecule has 4 heteroatoms. The highest BCUT2D eigenvalue weighted by Crippen LogP contribution is 2.33. The average Bonchev–Trinajstić information content (AvgIpc) is 2.82. The van der Waals surface area contributed by atoms with Crippen molar-refractivity contribution < 1.29 is 9.18 Å². The highest BCUT2D eigenvalue weighted by molar-refractivity contribution is 7.17. The van der Waals surface area contributed by atoms with Crippen molar-refractivity contribution in [2.75, 3.05) is 0 Å². The van der Waals surface area contributed by atoms with Crippen molar-refractivity contribution in [3.63, 3.8) is 0 Å². The number of hydrogen-bond acceptors (Lipinski definition) is 2. The van der Waals surface area contributed by atoms with Gasteiger partial charge in [0.25, 0.3) is 0 Å². The first-order chi connectivity index (χ1) is 8.63. The first-order valence-electron chi connectivity index (χ1n) is 5.71. The molecule has 0 spiro atoms. The summed E-state index contributed by atoms with van der Waals surface area (Å²) < 4.78 is 13.8. The normalized spacial score (nSPS) is 10.6. The van der Waals surface area contributed by atoms with E-state index in [9.17, 15) is 9.18 Å². The average molecular weight is 283 g/mol. The van der Waals surface area contributed by atoms with E-state index in [-0.39, 0.29) is 10.8 Å². The van der Waals surface area contributed by atoms with Gasteiger partial charge < -0.3 is 0 Å². The number of Topliss-reactive ketones (excluding diaryl/α,β-unsaturated/α-hetero) is 1. The molecule has 2 rings (SSSR count). The number of halogens is 2. The number of ketones is 1. The molecule has 0 bridgehead atoms. The van der Waals surface area contributed by atoms with E-state index < -0.39 is 5.82 Å². The van der Waals surface area contributed by atoms with Crippen LogP contribution in [0.15, 0.2) is 30.3 Å². The zero-order chi connectivity index (χ0) is 13.1. The molecule has 0 fully saturated rings. The number of rotatable bonds is 4. The van der Waals surface area contributed by atoms with Crippen molar-refractivity contribution in [2.24, 2.45) is 0 Å². The summed E-state index contributed by atoms with van der Waals surface area (Å²) in [5.41, 5.74) is 0.447. The van der Waals surface area contributed by atoms with E-state index >= 15 is 0 Å². The minimum atomic E-state index is -0.435. The minimum Gasteiger partial charge on any atom is -0.293 e. The maximum atomic E-state index is 13.8. The Morgan fingerprint density at radius 3 is 2.83 bits per heavy atom. The molecule has 0 aliphatic heterocycles. The lowest BCUT2D eigenvalue weighted by Crippen LogP contribution is -1.93. The van der Waals surface area contributed by atoms with Crippen LogP contribution in [0, 0.1) is 5.82 Å². The third-order valence-electron chi connectivity index (χ3n) is 2.57. The lowest BCUT2D eigenvalue weighted by atomic mass is 10.1. The van der Waals surface area contributed by atoms with Crippen LogP contribution in [0.1, 0.15) is 29.4 Å². The predicted molar refractivity (Wildman–Crippen MR) is 74.0 cm³/mol. The zero-order valence-electron chi connectivity index (χ0n) is 9.87. The van der Waals surface area contributed by atoms with E-state index in [1.165, 1.54) is 17.4 Å². The summed E-state index contributed by atoms with van der Waals surface area (Å²) in [6, 6.07) is 8.40. The van der Waals surface area contributed by atoms with Crippen molar-refractivity contribution in [3.8, 4) is 10.4 Å². The molecule has 1 heterocycles. The lowest BCUT2D eigenvalue weighted by Gasteiger charge is -2.01. The second-order valence-corrected chi connectivity index (χ2v) is 5.43. The zero-order valence-corrected chi connectivity index (χ0v) is 11.4. The topological polar surface area (TPSA) is 17.1 Å². The van der Waals surface area contributed by atoms with Crippen LogP contribution >= 0.6 is 22.9 Å². The molecule has 2 aromatic rings. The molecular weight excluding hydrogens is 271 g/mol. The second-order valence-electron chi connectivity index (χ2n) is 3.94. The van der Waals surface area contributed by atoms with Crippen molar-refractivity contribution >= 4 is 28.7 Å². The molecule has 0 aliphatic carbocycles. The van der Waals surface area contributed by atoms with Crippen LogP contribution in [-0.2, 0) is 0 Å². The summed E-state index contributed by atoms with van der Waals surface area (Å²) in [5.74, 6) is -0.327. The maximum Gasteiger partial charge on any atom is 0.172 e. The third kappa shape index (κ3) is 2.62. The molecule has 94 valence electrons. The fraction of sp³-hybridized carbons (Fsp3) is 0.214. The summed E-state index contributed by atoms with van der Waals surface area (Å²) in [6.45, 7) is 1.96. The largest absolute Gasteiger partial charge is 0.293 e. The minimum absolute atomic E-state index is 0.0994. The molecule has 1 aromatic heterocycles. The van der Waals surface area contributed by atoms with Gasteiger partial charge in [0.2, 0.25) is 0 Å². The van der Waals surface area contributed by atoms with Gasteiger partial charge >= 0.3 is 0 Å². The molecule has 0 atom stereocenters. The fourth-order valence-electron chi connectivity index (χ4n) is 1.68. The summed E-state index contributed by atoms with van der Waals surface area (Å²) in [6.07, 6.45) is 1.34. The van der Waals surface area contributed by atoms with Crippen LogP contribution in [0.2, 0.25) is 5.02 Å². The van der Waals surface area contributed by atoms with Gasteiger partial charge in [-0.2, -0.15) is 0 Å². The van der Waals surface area contributed by atoms with Gasteiger partial charge in [-0.05, 0) is 24.6 Å². The fourth-order valence-corrected chi connectivity index (χ4v) is 2.84. The highest BCUT2D eigenvalue weighted by Gasteiger charge is 2.13. The van der Waals surface area contributed by atoms with Crippen LogP contribution in [0.25, 0.3) is 10.4 Å². The number of carbonyl (C=O) groups is 1. The standard InChI is InChI=1S/C14H12ClFOS/c1-2-4-11(17)13-8-7-12(18-13)9-5-3-6-10(15)14(9)16/h3,5-8H,2,4H2,1H3. The molecule has 1 nitrogen and oxygen atoms in total. The van der Waals surface area contributed by atoms with Gasteiger partial charge in [-0.25, -0.2) is 4.39 Å². The summed E-state index contributed by atoms with van der Waals surface area (Å²) in [4.78, 5) is 13.1. The van der Waals surface area contributed by atoms with Crippen LogP contribution in [0.3, 0.4) is 0 Å². The van der Waals surface area contributed by atoms with Crippen molar-refractivity contribution in [3.05, 3.63) is 46.0 Å². The Bertz CT molecular complexity index is 577. The monoisotopic (exact) mass is 282 g/mol. The van der Waals surface area contributed by atoms with Gasteiger partial charge in [-0.1, -0.05) is 30.7 Å². The van der Waals surface area contributed by atoms with Gasteiger partial charge in [0.1, 0.15) is 5.82 Å². The first-order valence-corrected chi connectivity index (χ1v) is 6.90. The smallest absolute Gasteiger partial charge is 0.172 e. The van der Waals surface area contributed by atoms with Gasteiger partial charge in [-0.3, -0.25) is 4.79 Å². The Kier molecular flexibility index (Phi) is 4.15. The Balaban J connectivity index is 2.35. The van der Waals surface area contributed by atoms with Crippen molar-refractivity contribution in [1.82, 2.24) is 0 Å². The SMILES string of the molecule is CCCC(=O)c1ccc(-c2cccc(Cl)c2F)s1. The molecule has 0 amide bonds. The molecule has 0 saturated heterocycles. The third-order valence-corrected chi connectivity index (χ3v) is 4.03. The Hall–Kier alpha value is -1.19. The summed E-state index contributed by atoms with van der Waals surface area (Å²) in [7, 11) is 0. The Labute approximate surface area is 114 Å². The molecule has 0 N–H and O–H groups in total. The molecule has 0 unspecified atom stereocenters. The molecule has 0 aliphatic rings. The number of thiophene rings is 1. The van der Waals surface area contributed by atoms with E-state index in [4.69, 9.17) is 11.6 Å². The second kappa shape index (κ2) is 5.63. The van der Waals surface area contributed by atoms with Crippen molar-refractivity contribution in [2.45, 2.75) is 19.8 Å². The van der Waals surface area contributed by atoms with E-state index in [2.05, 4.69) is 0 Å². The Morgan fingerprint density at radius 2 is 2.11 bits per heavy atom. The molecule has 0 saturated carbocycles. The van der Waals surface area contributed by atoms with Gasteiger partial charge in [0.15, 0.2) is 5.78 Å². The van der Waals surface area contributed by atoms with Crippen molar-refractivity contribution in [1.29, 1.82) is 0 Å². The number of carbonyl (C=O) groups excluding carboxylic acids is 1. The summed E-state index contributed by atoms with van der Waals surface area (Å²) in [5, 5.41) is 0.0994. The lowest BCUT2D eigenvalue weighted by molar-refractivity contribution is 0.0985. The van der Waals surface area contributed by atoms with Crippen LogP contribution in [-0.4, -0.2) is 5.78 Å².